The van der Waals surface area contributed by atoms with Crippen LogP contribution >= 0.6 is 0 Å². The first-order chi connectivity index (χ1) is 13.7. The summed E-state index contributed by atoms with van der Waals surface area (Å²) >= 11 is 0. The molecule has 3 rings (SSSR count). The van der Waals surface area contributed by atoms with E-state index >= 15 is 0 Å². The molecule has 0 aromatic carbocycles. The van der Waals surface area contributed by atoms with Gasteiger partial charge in [-0.3, -0.25) is 0 Å². The average molecular weight is 416 g/mol. The van der Waals surface area contributed by atoms with Crippen LogP contribution in [0.2, 0.25) is 0 Å². The van der Waals surface area contributed by atoms with E-state index in [0.29, 0.717) is 0 Å². The summed E-state index contributed by atoms with van der Waals surface area (Å²) in [7, 11) is 0. The van der Waals surface area contributed by atoms with Crippen molar-refractivity contribution < 1.29 is 26.3 Å². The molecule has 0 radical (unpaired) electrons. The number of alkyl halides is 6. The molecular formula is C23H26F6. The zero-order chi connectivity index (χ0) is 21.1. The van der Waals surface area contributed by atoms with Crippen molar-refractivity contribution in [2.75, 3.05) is 0 Å². The van der Waals surface area contributed by atoms with Gasteiger partial charge in [-0.05, 0) is 37.5 Å². The normalized spacial score (nSPS) is 26.4. The topological polar surface area (TPSA) is 0 Å². The SMILES string of the molecule is FC1(F)C(C#CCC2CCCCC2)=C(C#CCC2CCCCC2)C(F)(F)C1(F)F. The summed E-state index contributed by atoms with van der Waals surface area (Å²) in [5.74, 6) is -6.24. The average Bonchev–Trinajstić information content (AvgIpc) is 2.79. The summed E-state index contributed by atoms with van der Waals surface area (Å²) in [5, 5.41) is 0. The van der Waals surface area contributed by atoms with Gasteiger partial charge in [0.05, 0.1) is 11.1 Å². The van der Waals surface area contributed by atoms with Crippen molar-refractivity contribution in [1.29, 1.82) is 0 Å². The smallest absolute Gasteiger partial charge is 0.193 e. The van der Waals surface area contributed by atoms with Crippen molar-refractivity contribution in [2.24, 2.45) is 11.8 Å². The van der Waals surface area contributed by atoms with E-state index in [1.54, 1.807) is 0 Å². The Bertz CT molecular complexity index is 682. The third kappa shape index (κ3) is 4.32. The highest BCUT2D eigenvalue weighted by atomic mass is 19.3. The number of hydrogen-bond donors (Lipinski definition) is 0. The Hall–Kier alpha value is -1.56. The summed E-state index contributed by atoms with van der Waals surface area (Å²) in [5.41, 5.74) is -3.00. The molecule has 0 spiro atoms. The van der Waals surface area contributed by atoms with Crippen LogP contribution in [0.5, 0.6) is 0 Å². The molecule has 0 atom stereocenters. The molecule has 6 heteroatoms. The van der Waals surface area contributed by atoms with Gasteiger partial charge in [-0.2, -0.15) is 26.3 Å². The highest BCUT2D eigenvalue weighted by Gasteiger charge is 2.80. The van der Waals surface area contributed by atoms with E-state index in [2.05, 4.69) is 11.8 Å². The Balaban J connectivity index is 1.86. The third-order valence-electron chi connectivity index (χ3n) is 6.32. The van der Waals surface area contributed by atoms with Gasteiger partial charge in [0.2, 0.25) is 0 Å². The predicted molar refractivity (Wildman–Crippen MR) is 99.8 cm³/mol. The van der Waals surface area contributed by atoms with Crippen LogP contribution in [0.3, 0.4) is 0 Å². The molecule has 0 bridgehead atoms. The third-order valence-corrected chi connectivity index (χ3v) is 6.32. The minimum Gasteiger partial charge on any atom is -0.193 e. The Kier molecular flexibility index (Phi) is 6.61. The number of halogens is 6. The van der Waals surface area contributed by atoms with Gasteiger partial charge in [0.1, 0.15) is 0 Å². The van der Waals surface area contributed by atoms with Gasteiger partial charge in [0, 0.05) is 12.8 Å². The Labute approximate surface area is 168 Å². The molecule has 3 aliphatic carbocycles. The minimum atomic E-state index is -5.52. The lowest BCUT2D eigenvalue weighted by molar-refractivity contribution is -0.263. The largest absolute Gasteiger partial charge is 0.382 e. The van der Waals surface area contributed by atoms with Crippen molar-refractivity contribution >= 4 is 0 Å². The number of hydrogen-bond acceptors (Lipinski definition) is 0. The van der Waals surface area contributed by atoms with E-state index in [-0.39, 0.29) is 24.7 Å². The van der Waals surface area contributed by atoms with Gasteiger partial charge >= 0.3 is 17.8 Å². The van der Waals surface area contributed by atoms with Crippen molar-refractivity contribution in [2.45, 2.75) is 94.8 Å². The summed E-state index contributed by atoms with van der Waals surface area (Å²) in [6.45, 7) is 0. The summed E-state index contributed by atoms with van der Waals surface area (Å²) < 4.78 is 84.7. The second-order valence-electron chi connectivity index (χ2n) is 8.49. The Morgan fingerprint density at radius 3 is 1.28 bits per heavy atom. The maximum absolute atomic E-state index is 14.2. The number of allylic oxidation sites excluding steroid dienone is 2. The fourth-order valence-corrected chi connectivity index (χ4v) is 4.46. The molecule has 0 unspecified atom stereocenters. The fourth-order valence-electron chi connectivity index (χ4n) is 4.46. The van der Waals surface area contributed by atoms with Crippen LogP contribution < -0.4 is 0 Å². The quantitative estimate of drug-likeness (QED) is 0.331. The van der Waals surface area contributed by atoms with Crippen LogP contribution in [0.4, 0.5) is 26.3 Å². The lowest BCUT2D eigenvalue weighted by Crippen LogP contribution is -2.49. The molecule has 0 aromatic rings. The monoisotopic (exact) mass is 416 g/mol. The fraction of sp³-hybridized carbons (Fsp3) is 0.739. The second-order valence-corrected chi connectivity index (χ2v) is 8.49. The van der Waals surface area contributed by atoms with Crippen molar-refractivity contribution in [1.82, 2.24) is 0 Å². The summed E-state index contributed by atoms with van der Waals surface area (Å²) in [4.78, 5) is 0. The van der Waals surface area contributed by atoms with Crippen molar-refractivity contribution in [3.05, 3.63) is 11.1 Å². The molecule has 0 nitrogen and oxygen atoms in total. The van der Waals surface area contributed by atoms with Gasteiger partial charge in [-0.25, -0.2) is 0 Å². The summed E-state index contributed by atoms with van der Waals surface area (Å²) in [6.07, 6.45) is 10.3. The van der Waals surface area contributed by atoms with Gasteiger partial charge in [0.25, 0.3) is 0 Å². The molecule has 29 heavy (non-hydrogen) atoms. The molecule has 0 N–H and O–H groups in total. The zero-order valence-electron chi connectivity index (χ0n) is 16.4. The van der Waals surface area contributed by atoms with Crippen LogP contribution in [0.1, 0.15) is 77.0 Å². The van der Waals surface area contributed by atoms with Gasteiger partial charge in [-0.1, -0.05) is 62.2 Å². The highest BCUT2D eigenvalue weighted by molar-refractivity contribution is 5.58. The van der Waals surface area contributed by atoms with Crippen LogP contribution in [0.15, 0.2) is 11.1 Å². The molecule has 0 aliphatic heterocycles. The standard InChI is InChI=1S/C23H26F6/c24-21(25)19(15-7-13-17-9-3-1-4-10-17)20(22(26,27)23(21,28)29)16-8-14-18-11-5-2-6-12-18/h17-18H,1-6,9-14H2. The maximum Gasteiger partial charge on any atom is 0.382 e. The zero-order valence-corrected chi connectivity index (χ0v) is 16.4. The van der Waals surface area contributed by atoms with E-state index < -0.39 is 28.9 Å². The molecule has 2 fully saturated rings. The van der Waals surface area contributed by atoms with Crippen LogP contribution in [0, 0.1) is 35.5 Å². The first-order valence-corrected chi connectivity index (χ1v) is 10.5. The Morgan fingerprint density at radius 1 is 0.586 bits per heavy atom. The van der Waals surface area contributed by atoms with Crippen molar-refractivity contribution in [3.63, 3.8) is 0 Å². The molecule has 3 aliphatic rings. The van der Waals surface area contributed by atoms with E-state index in [9.17, 15) is 26.3 Å². The molecule has 0 heterocycles. The first kappa shape index (κ1) is 22.1. The van der Waals surface area contributed by atoms with Gasteiger partial charge in [-0.15, -0.1) is 0 Å². The van der Waals surface area contributed by atoms with E-state index in [4.69, 9.17) is 0 Å². The second kappa shape index (κ2) is 8.66. The predicted octanol–water partition coefficient (Wildman–Crippen LogP) is 7.15. The minimum absolute atomic E-state index is 0.203. The molecular weight excluding hydrogens is 390 g/mol. The van der Waals surface area contributed by atoms with E-state index in [1.165, 1.54) is 0 Å². The molecule has 0 saturated heterocycles. The van der Waals surface area contributed by atoms with E-state index in [1.807, 2.05) is 11.8 Å². The van der Waals surface area contributed by atoms with Gasteiger partial charge < -0.3 is 0 Å². The molecule has 0 aromatic heterocycles. The molecule has 160 valence electrons. The van der Waals surface area contributed by atoms with Crippen LogP contribution in [-0.2, 0) is 0 Å². The lowest BCUT2D eigenvalue weighted by Gasteiger charge is -2.24. The number of rotatable bonds is 2. The summed E-state index contributed by atoms with van der Waals surface area (Å²) in [6, 6.07) is 0. The first-order valence-electron chi connectivity index (χ1n) is 10.5. The van der Waals surface area contributed by atoms with E-state index in [0.717, 1.165) is 64.2 Å². The van der Waals surface area contributed by atoms with Crippen LogP contribution in [-0.4, -0.2) is 17.8 Å². The Morgan fingerprint density at radius 2 is 0.931 bits per heavy atom. The van der Waals surface area contributed by atoms with Gasteiger partial charge in [0.15, 0.2) is 0 Å². The molecule has 2 saturated carbocycles. The van der Waals surface area contributed by atoms with Crippen molar-refractivity contribution in [3.8, 4) is 23.7 Å². The lowest BCUT2D eigenvalue weighted by atomic mass is 9.87. The highest BCUT2D eigenvalue weighted by Crippen LogP contribution is 2.58. The maximum atomic E-state index is 14.2. The van der Waals surface area contributed by atoms with Crippen LogP contribution in [0.25, 0.3) is 0 Å². The molecule has 0 amide bonds.